The Kier molecular flexibility index (Phi) is 5.45. The van der Waals surface area contributed by atoms with Crippen molar-refractivity contribution in [3.63, 3.8) is 0 Å². The maximum absolute atomic E-state index is 13.0. The zero-order chi connectivity index (χ0) is 19.5. The molecule has 1 unspecified atom stereocenters. The highest BCUT2D eigenvalue weighted by Gasteiger charge is 2.31. The number of aromatic nitrogens is 4. The molecule has 4 rings (SSSR count). The molecule has 8 nitrogen and oxygen atoms in total. The van der Waals surface area contributed by atoms with Gasteiger partial charge in [-0.05, 0) is 46.0 Å². The fourth-order valence-electron chi connectivity index (χ4n) is 4.29. The Hall–Kier alpha value is -2.64. The molecule has 0 radical (unpaired) electrons. The van der Waals surface area contributed by atoms with Gasteiger partial charge in [-0.2, -0.15) is 0 Å². The number of hydrogen-bond donors (Lipinski definition) is 2. The van der Waals surface area contributed by atoms with Crippen molar-refractivity contribution >= 4 is 11.8 Å². The molecule has 2 fully saturated rings. The summed E-state index contributed by atoms with van der Waals surface area (Å²) in [4.78, 5) is 33.7. The van der Waals surface area contributed by atoms with E-state index < -0.39 is 0 Å². The van der Waals surface area contributed by atoms with E-state index in [1.165, 1.54) is 0 Å². The Labute approximate surface area is 165 Å². The minimum atomic E-state index is 0.0354. The van der Waals surface area contributed by atoms with Crippen molar-refractivity contribution in [1.29, 1.82) is 0 Å². The topological polar surface area (TPSA) is 90.0 Å². The number of nitrogens with zero attached hydrogens (tertiary/aromatic N) is 5. The van der Waals surface area contributed by atoms with Crippen LogP contribution < -0.4 is 10.2 Å². The number of piperidine rings is 2. The van der Waals surface area contributed by atoms with E-state index in [1.54, 1.807) is 6.20 Å². The number of aromatic amines is 1. The summed E-state index contributed by atoms with van der Waals surface area (Å²) in [7, 11) is 0. The molecule has 28 heavy (non-hydrogen) atoms. The molecule has 0 aromatic carbocycles. The van der Waals surface area contributed by atoms with Crippen LogP contribution in [0.5, 0.6) is 0 Å². The van der Waals surface area contributed by atoms with Gasteiger partial charge < -0.3 is 20.1 Å². The van der Waals surface area contributed by atoms with Crippen LogP contribution in [0.3, 0.4) is 0 Å². The predicted octanol–water partition coefficient (Wildman–Crippen LogP) is 2.72. The third kappa shape index (κ3) is 4.10. The van der Waals surface area contributed by atoms with Gasteiger partial charge in [0.25, 0.3) is 0 Å². The Bertz CT molecular complexity index is 779. The first kappa shape index (κ1) is 18.7. The number of carbonyl (C=O) groups is 1. The van der Waals surface area contributed by atoms with Gasteiger partial charge in [-0.1, -0.05) is 0 Å². The zero-order valence-corrected chi connectivity index (χ0v) is 16.7. The van der Waals surface area contributed by atoms with Crippen molar-refractivity contribution in [2.75, 3.05) is 24.5 Å². The number of urea groups is 1. The highest BCUT2D eigenvalue weighted by Crippen LogP contribution is 2.29. The summed E-state index contributed by atoms with van der Waals surface area (Å²) in [5.41, 5.74) is 0.993. The number of nitrogens with one attached hydrogen (secondary N) is 2. The number of carbonyl (C=O) groups excluding carboxylic acids is 1. The largest absolute Gasteiger partial charge is 0.356 e. The van der Waals surface area contributed by atoms with Crippen LogP contribution in [0.4, 0.5) is 10.6 Å². The molecule has 150 valence electrons. The van der Waals surface area contributed by atoms with Gasteiger partial charge in [0.1, 0.15) is 17.5 Å². The first-order valence-corrected chi connectivity index (χ1v) is 10.2. The molecule has 0 aliphatic carbocycles. The van der Waals surface area contributed by atoms with E-state index >= 15 is 0 Å². The maximum atomic E-state index is 13.0. The number of amides is 2. The molecule has 2 aromatic rings. The predicted molar refractivity (Wildman–Crippen MR) is 107 cm³/mol. The van der Waals surface area contributed by atoms with Gasteiger partial charge in [-0.15, -0.1) is 0 Å². The van der Waals surface area contributed by atoms with Crippen LogP contribution in [0.1, 0.15) is 55.5 Å². The van der Waals surface area contributed by atoms with Gasteiger partial charge in [0.2, 0.25) is 0 Å². The first-order chi connectivity index (χ1) is 13.6. The van der Waals surface area contributed by atoms with E-state index in [4.69, 9.17) is 0 Å². The number of anilines is 1. The van der Waals surface area contributed by atoms with Crippen molar-refractivity contribution in [2.45, 2.75) is 58.0 Å². The maximum Gasteiger partial charge on any atom is 0.318 e. The van der Waals surface area contributed by atoms with Crippen molar-refractivity contribution in [3.05, 3.63) is 35.8 Å². The quantitative estimate of drug-likeness (QED) is 0.851. The zero-order valence-electron chi connectivity index (χ0n) is 16.7. The van der Waals surface area contributed by atoms with Crippen molar-refractivity contribution < 1.29 is 4.79 Å². The van der Waals surface area contributed by atoms with Crippen molar-refractivity contribution in [1.82, 2.24) is 30.2 Å². The van der Waals surface area contributed by atoms with Gasteiger partial charge in [0.15, 0.2) is 0 Å². The summed E-state index contributed by atoms with van der Waals surface area (Å²) in [6, 6.07) is 2.32. The van der Waals surface area contributed by atoms with Crippen molar-refractivity contribution in [3.8, 4) is 0 Å². The molecule has 1 atom stereocenters. The number of aryl methyl sites for hydroxylation is 2. The van der Waals surface area contributed by atoms with Crippen LogP contribution in [-0.4, -0.2) is 56.5 Å². The number of rotatable bonds is 3. The SMILES string of the molecule is Cc1cc(N2CCC(NC(=O)N3CCCCC3c3ncc[nH]3)CC2)nc(C)n1. The van der Waals surface area contributed by atoms with E-state index in [2.05, 4.69) is 30.2 Å². The van der Waals surface area contributed by atoms with Crippen LogP contribution in [0.2, 0.25) is 0 Å². The monoisotopic (exact) mass is 383 g/mol. The number of hydrogen-bond acceptors (Lipinski definition) is 5. The number of likely N-dealkylation sites (tertiary alicyclic amines) is 1. The number of imidazole rings is 1. The minimum Gasteiger partial charge on any atom is -0.356 e. The molecule has 0 spiro atoms. The fourth-order valence-corrected chi connectivity index (χ4v) is 4.29. The standard InChI is InChI=1S/C20H29N7O/c1-14-13-18(24-15(2)23-14)26-11-6-16(7-12-26)25-20(28)27-10-4-3-5-17(27)19-21-8-9-22-19/h8-9,13,16-17H,3-7,10-12H2,1-2H3,(H,21,22)(H,25,28). The molecule has 2 N–H and O–H groups in total. The number of H-pyrrole nitrogens is 1. The lowest BCUT2D eigenvalue weighted by atomic mass is 10.0. The van der Waals surface area contributed by atoms with Crippen LogP contribution in [0, 0.1) is 13.8 Å². The second kappa shape index (κ2) is 8.16. The highest BCUT2D eigenvalue weighted by molar-refractivity contribution is 5.75. The van der Waals surface area contributed by atoms with E-state index in [0.29, 0.717) is 0 Å². The average Bonchev–Trinajstić information content (AvgIpc) is 3.22. The Morgan fingerprint density at radius 2 is 1.96 bits per heavy atom. The van der Waals surface area contributed by atoms with E-state index in [9.17, 15) is 4.79 Å². The summed E-state index contributed by atoms with van der Waals surface area (Å²) in [6.07, 6.45) is 8.57. The van der Waals surface area contributed by atoms with Crippen molar-refractivity contribution in [2.24, 2.45) is 0 Å². The van der Waals surface area contributed by atoms with Crippen LogP contribution in [-0.2, 0) is 0 Å². The molecule has 2 aromatic heterocycles. The van der Waals surface area contributed by atoms with E-state index in [0.717, 1.165) is 74.9 Å². The summed E-state index contributed by atoms with van der Waals surface area (Å²) in [5, 5.41) is 3.26. The Balaban J connectivity index is 1.34. The molecular formula is C20H29N7O. The average molecular weight is 384 g/mol. The second-order valence-electron chi connectivity index (χ2n) is 7.80. The molecule has 2 aliphatic heterocycles. The molecule has 4 heterocycles. The normalized spacial score (nSPS) is 21.0. The molecular weight excluding hydrogens is 354 g/mol. The van der Waals surface area contributed by atoms with Gasteiger partial charge in [0.05, 0.1) is 6.04 Å². The summed E-state index contributed by atoms with van der Waals surface area (Å²) >= 11 is 0. The van der Waals surface area contributed by atoms with Crippen LogP contribution >= 0.6 is 0 Å². The fraction of sp³-hybridized carbons (Fsp3) is 0.600. The molecule has 2 aliphatic rings. The molecule has 2 saturated heterocycles. The summed E-state index contributed by atoms with van der Waals surface area (Å²) in [5.74, 6) is 2.68. The smallest absolute Gasteiger partial charge is 0.318 e. The van der Waals surface area contributed by atoms with E-state index in [-0.39, 0.29) is 18.1 Å². The lowest BCUT2D eigenvalue weighted by Crippen LogP contribution is -2.51. The third-order valence-electron chi connectivity index (χ3n) is 5.70. The lowest BCUT2D eigenvalue weighted by molar-refractivity contribution is 0.143. The van der Waals surface area contributed by atoms with Crippen LogP contribution in [0.25, 0.3) is 0 Å². The van der Waals surface area contributed by atoms with Gasteiger partial charge in [-0.25, -0.2) is 19.7 Å². The summed E-state index contributed by atoms with van der Waals surface area (Å²) < 4.78 is 0. The Morgan fingerprint density at radius 3 is 2.68 bits per heavy atom. The van der Waals surface area contributed by atoms with Gasteiger partial charge in [0, 0.05) is 49.8 Å². The van der Waals surface area contributed by atoms with Gasteiger partial charge >= 0.3 is 6.03 Å². The Morgan fingerprint density at radius 1 is 1.14 bits per heavy atom. The highest BCUT2D eigenvalue weighted by atomic mass is 16.2. The molecule has 0 bridgehead atoms. The third-order valence-corrected chi connectivity index (χ3v) is 5.70. The van der Waals surface area contributed by atoms with E-state index in [1.807, 2.05) is 31.0 Å². The molecule has 2 amide bonds. The van der Waals surface area contributed by atoms with Gasteiger partial charge in [-0.3, -0.25) is 0 Å². The first-order valence-electron chi connectivity index (χ1n) is 10.2. The minimum absolute atomic E-state index is 0.0354. The lowest BCUT2D eigenvalue weighted by Gasteiger charge is -2.38. The summed E-state index contributed by atoms with van der Waals surface area (Å²) in [6.45, 7) is 6.50. The molecule has 0 saturated carbocycles. The van der Waals surface area contributed by atoms with Crippen LogP contribution in [0.15, 0.2) is 18.5 Å². The second-order valence-corrected chi connectivity index (χ2v) is 7.80. The molecule has 8 heteroatoms.